The van der Waals surface area contributed by atoms with Gasteiger partial charge in [-0.05, 0) is 61.9 Å². The number of halogens is 2. The van der Waals surface area contributed by atoms with Crippen LogP contribution in [0.15, 0.2) is 28.0 Å². The molecule has 0 aromatic heterocycles. The normalized spacial score (nSPS) is 10.1. The van der Waals surface area contributed by atoms with Gasteiger partial charge in [-0.2, -0.15) is 0 Å². The first-order valence-corrected chi connectivity index (χ1v) is 6.25. The van der Waals surface area contributed by atoms with E-state index < -0.39 is 0 Å². The molecule has 0 radical (unpaired) electrons. The van der Waals surface area contributed by atoms with E-state index in [4.69, 9.17) is 21.4 Å². The molecule has 0 unspecified atom stereocenters. The topological polar surface area (TPSA) is 0 Å². The van der Waals surface area contributed by atoms with Gasteiger partial charge in [0.25, 0.3) is 0 Å². The lowest BCUT2D eigenvalue weighted by Crippen LogP contribution is -1.78. The first-order valence-electron chi connectivity index (χ1n) is 2.96. The van der Waals surface area contributed by atoms with Gasteiger partial charge >= 0.3 is 0 Å². The van der Waals surface area contributed by atoms with Gasteiger partial charge in [-0.3, -0.25) is 0 Å². The summed E-state index contributed by atoms with van der Waals surface area (Å²) in [6.45, 7) is 2.02. The average Bonchev–Trinajstić information content (AvgIpc) is 2.04. The van der Waals surface area contributed by atoms with Crippen molar-refractivity contribution in [2.45, 2.75) is 16.7 Å². The Hall–Kier alpha value is 0.500. The van der Waals surface area contributed by atoms with E-state index in [0.29, 0.717) is 0 Å². The Morgan fingerprint density at radius 2 is 1.91 bits per heavy atom. The number of benzene rings is 1. The predicted octanol–water partition coefficient (Wildman–Crippen LogP) is 4.49. The largest absolute Gasteiger partial charge is 0.0608 e. The molecule has 1 aromatic rings. The Kier molecular flexibility index (Phi) is 3.93. The standard InChI is InChI=1S/C7H6Cl2S2/c1-5-3-2-4-6(10-8)7(5)11-9/h2-4H,1H3. The smallest absolute Gasteiger partial charge is 0.0410 e. The van der Waals surface area contributed by atoms with Crippen molar-refractivity contribution in [1.29, 1.82) is 0 Å². The van der Waals surface area contributed by atoms with Crippen molar-refractivity contribution in [2.75, 3.05) is 0 Å². The maximum absolute atomic E-state index is 5.66. The molecule has 1 aromatic carbocycles. The molecule has 0 N–H and O–H groups in total. The van der Waals surface area contributed by atoms with E-state index in [1.165, 1.54) is 22.0 Å². The Morgan fingerprint density at radius 3 is 2.36 bits per heavy atom. The molecule has 1 rings (SSSR count). The van der Waals surface area contributed by atoms with Crippen LogP contribution in [0.1, 0.15) is 5.56 Å². The second-order valence-corrected chi connectivity index (χ2v) is 4.14. The second kappa shape index (κ2) is 4.51. The number of hydrogen-bond acceptors (Lipinski definition) is 2. The Bertz CT molecular complexity index is 250. The van der Waals surface area contributed by atoms with Crippen molar-refractivity contribution in [3.05, 3.63) is 23.8 Å². The fourth-order valence-corrected chi connectivity index (χ4v) is 3.00. The fraction of sp³-hybridized carbons (Fsp3) is 0.143. The third kappa shape index (κ3) is 2.22. The molecule has 0 bridgehead atoms. The monoisotopic (exact) mass is 224 g/mol. The minimum Gasteiger partial charge on any atom is -0.0608 e. The molecule has 0 aliphatic carbocycles. The lowest BCUT2D eigenvalue weighted by Gasteiger charge is -2.03. The summed E-state index contributed by atoms with van der Waals surface area (Å²) in [5.74, 6) is 0. The van der Waals surface area contributed by atoms with E-state index in [1.807, 2.05) is 25.1 Å². The number of rotatable bonds is 2. The molecule has 0 fully saturated rings. The van der Waals surface area contributed by atoms with E-state index in [1.54, 1.807) is 0 Å². The highest BCUT2D eigenvalue weighted by Crippen LogP contribution is 2.36. The third-order valence-electron chi connectivity index (χ3n) is 1.34. The summed E-state index contributed by atoms with van der Waals surface area (Å²) in [7, 11) is 13.7. The number of hydrogen-bond donors (Lipinski definition) is 0. The van der Waals surface area contributed by atoms with Crippen molar-refractivity contribution < 1.29 is 0 Å². The van der Waals surface area contributed by atoms with E-state index in [0.717, 1.165) is 15.4 Å². The van der Waals surface area contributed by atoms with E-state index in [-0.39, 0.29) is 0 Å². The van der Waals surface area contributed by atoms with Gasteiger partial charge in [0.05, 0.1) is 0 Å². The zero-order valence-electron chi connectivity index (χ0n) is 5.80. The Balaban J connectivity index is 3.13. The number of aryl methyl sites for hydroxylation is 1. The minimum absolute atomic E-state index is 1.02. The summed E-state index contributed by atoms with van der Waals surface area (Å²) in [4.78, 5) is 2.07. The molecule has 0 amide bonds. The highest BCUT2D eigenvalue weighted by molar-refractivity contribution is 8.23. The first-order chi connectivity index (χ1) is 5.29. The zero-order chi connectivity index (χ0) is 8.27. The summed E-state index contributed by atoms with van der Waals surface area (Å²) in [6.07, 6.45) is 0. The fourth-order valence-electron chi connectivity index (χ4n) is 0.785. The van der Waals surface area contributed by atoms with E-state index >= 15 is 0 Å². The summed E-state index contributed by atoms with van der Waals surface area (Å²) >= 11 is 0. The van der Waals surface area contributed by atoms with E-state index in [9.17, 15) is 0 Å². The van der Waals surface area contributed by atoms with Crippen molar-refractivity contribution in [3.8, 4) is 0 Å². The molecule has 0 heterocycles. The Labute approximate surface area is 83.7 Å². The second-order valence-electron chi connectivity index (χ2n) is 2.06. The summed E-state index contributed by atoms with van der Waals surface area (Å²) in [5, 5.41) is 0. The lowest BCUT2D eigenvalue weighted by molar-refractivity contribution is 1.18. The van der Waals surface area contributed by atoms with Crippen molar-refractivity contribution in [3.63, 3.8) is 0 Å². The van der Waals surface area contributed by atoms with Gasteiger partial charge in [-0.25, -0.2) is 0 Å². The predicted molar refractivity (Wildman–Crippen MR) is 54.6 cm³/mol. The van der Waals surface area contributed by atoms with Crippen molar-refractivity contribution >= 4 is 43.3 Å². The molecular formula is C7H6Cl2S2. The molecule has 0 saturated carbocycles. The molecule has 0 atom stereocenters. The van der Waals surface area contributed by atoms with Crippen LogP contribution in [0.4, 0.5) is 0 Å². The molecule has 0 saturated heterocycles. The van der Waals surface area contributed by atoms with Crippen molar-refractivity contribution in [1.82, 2.24) is 0 Å². The SMILES string of the molecule is Cc1cccc(SCl)c1SCl. The van der Waals surface area contributed by atoms with Crippen LogP contribution in [0.3, 0.4) is 0 Å². The van der Waals surface area contributed by atoms with Crippen LogP contribution < -0.4 is 0 Å². The van der Waals surface area contributed by atoms with Gasteiger partial charge in [0.1, 0.15) is 0 Å². The van der Waals surface area contributed by atoms with Gasteiger partial charge in [-0.15, -0.1) is 0 Å². The van der Waals surface area contributed by atoms with Crippen LogP contribution >= 0.6 is 43.3 Å². The molecule has 0 aliphatic heterocycles. The molecule has 0 aliphatic rings. The summed E-state index contributed by atoms with van der Waals surface area (Å²) < 4.78 is 0. The minimum atomic E-state index is 1.02. The summed E-state index contributed by atoms with van der Waals surface area (Å²) in [5.41, 5.74) is 1.16. The highest BCUT2D eigenvalue weighted by atomic mass is 35.7. The Morgan fingerprint density at radius 1 is 1.18 bits per heavy atom. The van der Waals surface area contributed by atoms with Crippen LogP contribution in [-0.2, 0) is 0 Å². The van der Waals surface area contributed by atoms with Crippen LogP contribution in [0.2, 0.25) is 0 Å². The van der Waals surface area contributed by atoms with Gasteiger partial charge in [0.15, 0.2) is 0 Å². The maximum Gasteiger partial charge on any atom is 0.0410 e. The van der Waals surface area contributed by atoms with Crippen LogP contribution in [0, 0.1) is 6.92 Å². The van der Waals surface area contributed by atoms with Gasteiger partial charge in [-0.1, -0.05) is 12.1 Å². The van der Waals surface area contributed by atoms with Gasteiger partial charge in [0, 0.05) is 9.79 Å². The maximum atomic E-state index is 5.66. The highest BCUT2D eigenvalue weighted by Gasteiger charge is 2.03. The molecule has 60 valence electrons. The molecule has 0 nitrogen and oxygen atoms in total. The van der Waals surface area contributed by atoms with Crippen molar-refractivity contribution in [2.24, 2.45) is 0 Å². The molecular weight excluding hydrogens is 219 g/mol. The zero-order valence-corrected chi connectivity index (χ0v) is 8.95. The first kappa shape index (κ1) is 9.59. The van der Waals surface area contributed by atoms with Crippen LogP contribution in [0.5, 0.6) is 0 Å². The lowest BCUT2D eigenvalue weighted by atomic mass is 10.2. The van der Waals surface area contributed by atoms with Gasteiger partial charge in [0.2, 0.25) is 0 Å². The molecule has 4 heteroatoms. The van der Waals surface area contributed by atoms with Gasteiger partial charge < -0.3 is 0 Å². The molecule has 0 spiro atoms. The average molecular weight is 225 g/mol. The van der Waals surface area contributed by atoms with E-state index in [2.05, 4.69) is 0 Å². The summed E-state index contributed by atoms with van der Waals surface area (Å²) in [6, 6.07) is 5.94. The third-order valence-corrected chi connectivity index (χ3v) is 3.63. The molecule has 11 heavy (non-hydrogen) atoms. The van der Waals surface area contributed by atoms with Crippen LogP contribution in [0.25, 0.3) is 0 Å². The quantitative estimate of drug-likeness (QED) is 0.727. The van der Waals surface area contributed by atoms with Crippen LogP contribution in [-0.4, -0.2) is 0 Å².